The summed E-state index contributed by atoms with van der Waals surface area (Å²) in [6, 6.07) is 8.88. The molecule has 0 unspecified atom stereocenters. The molecule has 0 aliphatic heterocycles. The summed E-state index contributed by atoms with van der Waals surface area (Å²) in [5, 5.41) is 6.33. The highest BCUT2D eigenvalue weighted by Gasteiger charge is 2.07. The predicted molar refractivity (Wildman–Crippen MR) is 64.4 cm³/mol. The summed E-state index contributed by atoms with van der Waals surface area (Å²) in [6.07, 6.45) is 0.261. The number of aryl methyl sites for hydroxylation is 1. The molecule has 0 aliphatic carbocycles. The third-order valence-corrected chi connectivity index (χ3v) is 2.21. The van der Waals surface area contributed by atoms with Gasteiger partial charge in [-0.2, -0.15) is 0 Å². The van der Waals surface area contributed by atoms with Gasteiger partial charge in [0, 0.05) is 11.8 Å². The minimum absolute atomic E-state index is 0.149. The van der Waals surface area contributed by atoms with Crippen LogP contribution in [-0.4, -0.2) is 11.1 Å². The van der Waals surface area contributed by atoms with Gasteiger partial charge in [0.25, 0.3) is 0 Å². The Kier molecular flexibility index (Phi) is 3.09. The van der Waals surface area contributed by atoms with E-state index in [0.29, 0.717) is 17.3 Å². The quantitative estimate of drug-likeness (QED) is 0.788. The number of nitrogens with two attached hydrogens (primary N) is 1. The van der Waals surface area contributed by atoms with Gasteiger partial charge < -0.3 is 15.6 Å². The van der Waals surface area contributed by atoms with E-state index >= 15 is 0 Å². The van der Waals surface area contributed by atoms with E-state index in [1.54, 1.807) is 25.1 Å². The number of rotatable bonds is 3. The van der Waals surface area contributed by atoms with E-state index in [-0.39, 0.29) is 12.3 Å². The molecule has 0 saturated heterocycles. The molecule has 1 aromatic carbocycles. The predicted octanol–water partition coefficient (Wildman–Crippen LogP) is 1.75. The maximum absolute atomic E-state index is 11.7. The van der Waals surface area contributed by atoms with Crippen LogP contribution in [-0.2, 0) is 11.2 Å². The summed E-state index contributed by atoms with van der Waals surface area (Å²) in [6.45, 7) is 1.76. The highest BCUT2D eigenvalue weighted by Crippen LogP contribution is 2.10. The molecule has 1 amide bonds. The molecule has 17 heavy (non-hydrogen) atoms. The molecule has 0 radical (unpaired) electrons. The van der Waals surface area contributed by atoms with Crippen LogP contribution in [0.3, 0.4) is 0 Å². The molecule has 88 valence electrons. The Morgan fingerprint density at radius 3 is 2.94 bits per heavy atom. The lowest BCUT2D eigenvalue weighted by atomic mass is 10.1. The van der Waals surface area contributed by atoms with E-state index in [0.717, 1.165) is 5.56 Å². The summed E-state index contributed by atoms with van der Waals surface area (Å²) in [7, 11) is 0. The molecular formula is C12H13N3O2. The number of nitrogen functional groups attached to an aromatic ring is 1. The van der Waals surface area contributed by atoms with Gasteiger partial charge in [-0.15, -0.1) is 0 Å². The van der Waals surface area contributed by atoms with Crippen LogP contribution in [0.15, 0.2) is 34.9 Å². The average molecular weight is 231 g/mol. The normalized spacial score (nSPS) is 10.2. The second-order valence-corrected chi connectivity index (χ2v) is 3.79. The van der Waals surface area contributed by atoms with Crippen molar-refractivity contribution < 1.29 is 9.32 Å². The number of anilines is 2. The smallest absolute Gasteiger partial charge is 0.230 e. The highest BCUT2D eigenvalue weighted by molar-refractivity contribution is 5.91. The minimum atomic E-state index is -0.149. The van der Waals surface area contributed by atoms with Gasteiger partial charge in [-0.1, -0.05) is 17.3 Å². The molecule has 0 saturated carbocycles. The number of hydrogen-bond acceptors (Lipinski definition) is 4. The summed E-state index contributed by atoms with van der Waals surface area (Å²) in [4.78, 5) is 11.7. The van der Waals surface area contributed by atoms with Crippen LogP contribution in [0.5, 0.6) is 0 Å². The van der Waals surface area contributed by atoms with Crippen molar-refractivity contribution in [1.82, 2.24) is 5.16 Å². The Bertz CT molecular complexity index is 534. The maximum atomic E-state index is 11.7. The van der Waals surface area contributed by atoms with Crippen LogP contribution in [0.2, 0.25) is 0 Å². The number of hydrogen-bond donors (Lipinski definition) is 2. The summed E-state index contributed by atoms with van der Waals surface area (Å²) in [5.41, 5.74) is 7.14. The van der Waals surface area contributed by atoms with Crippen molar-refractivity contribution in [2.75, 3.05) is 11.1 Å². The number of benzene rings is 1. The Morgan fingerprint density at radius 2 is 2.29 bits per heavy atom. The molecule has 5 nitrogen and oxygen atoms in total. The lowest BCUT2D eigenvalue weighted by Gasteiger charge is -2.02. The fraction of sp³-hybridized carbons (Fsp3) is 0.167. The maximum Gasteiger partial charge on any atom is 0.230 e. The van der Waals surface area contributed by atoms with E-state index in [4.69, 9.17) is 10.3 Å². The molecule has 0 atom stereocenters. The zero-order valence-corrected chi connectivity index (χ0v) is 9.43. The van der Waals surface area contributed by atoms with Gasteiger partial charge in [0.05, 0.1) is 6.42 Å². The fourth-order valence-corrected chi connectivity index (χ4v) is 1.50. The molecule has 0 fully saturated rings. The Labute approximate surface area is 98.6 Å². The number of aromatic nitrogens is 1. The van der Waals surface area contributed by atoms with Crippen molar-refractivity contribution in [1.29, 1.82) is 0 Å². The van der Waals surface area contributed by atoms with Crippen molar-refractivity contribution >= 4 is 17.4 Å². The van der Waals surface area contributed by atoms with Crippen LogP contribution in [0.25, 0.3) is 0 Å². The molecule has 1 aromatic heterocycles. The molecule has 0 bridgehead atoms. The van der Waals surface area contributed by atoms with Crippen LogP contribution < -0.4 is 11.1 Å². The van der Waals surface area contributed by atoms with Crippen LogP contribution >= 0.6 is 0 Å². The first kappa shape index (κ1) is 11.2. The lowest BCUT2D eigenvalue weighted by molar-refractivity contribution is -0.115. The summed E-state index contributed by atoms with van der Waals surface area (Å²) in [5.74, 6) is 0.935. The third kappa shape index (κ3) is 3.07. The van der Waals surface area contributed by atoms with E-state index < -0.39 is 0 Å². The molecule has 3 N–H and O–H groups in total. The molecular weight excluding hydrogens is 218 g/mol. The summed E-state index contributed by atoms with van der Waals surface area (Å²) < 4.78 is 4.85. The van der Waals surface area contributed by atoms with Gasteiger partial charge in [-0.3, -0.25) is 4.79 Å². The fourth-order valence-electron chi connectivity index (χ4n) is 1.50. The first-order chi connectivity index (χ1) is 8.13. The van der Waals surface area contributed by atoms with Crippen LogP contribution in [0.1, 0.15) is 11.3 Å². The Morgan fingerprint density at radius 1 is 1.47 bits per heavy atom. The van der Waals surface area contributed by atoms with Crippen molar-refractivity contribution in [3.63, 3.8) is 0 Å². The Balaban J connectivity index is 1.98. The van der Waals surface area contributed by atoms with E-state index in [2.05, 4.69) is 10.5 Å². The molecule has 2 rings (SSSR count). The highest BCUT2D eigenvalue weighted by atomic mass is 16.5. The van der Waals surface area contributed by atoms with E-state index in [1.165, 1.54) is 0 Å². The second kappa shape index (κ2) is 4.69. The third-order valence-electron chi connectivity index (χ3n) is 2.21. The first-order valence-electron chi connectivity index (χ1n) is 5.21. The van der Waals surface area contributed by atoms with Crippen LogP contribution in [0.4, 0.5) is 11.5 Å². The topological polar surface area (TPSA) is 81.2 Å². The number of nitrogens with one attached hydrogen (secondary N) is 1. The average Bonchev–Trinajstić information content (AvgIpc) is 2.63. The molecule has 0 aliphatic rings. The number of carbonyl (C=O) groups excluding carboxylic acids is 1. The number of amides is 1. The van der Waals surface area contributed by atoms with Gasteiger partial charge in [0.1, 0.15) is 5.76 Å². The van der Waals surface area contributed by atoms with Gasteiger partial charge in [-0.05, 0) is 24.6 Å². The number of carbonyl (C=O) groups is 1. The number of nitrogens with zero attached hydrogens (tertiary/aromatic N) is 1. The van der Waals surface area contributed by atoms with Crippen molar-refractivity contribution in [3.05, 3.63) is 41.7 Å². The SMILES string of the molecule is Cc1cc(NC(=O)Cc2cccc(N)c2)no1. The monoisotopic (exact) mass is 231 g/mol. The minimum Gasteiger partial charge on any atom is -0.399 e. The summed E-state index contributed by atoms with van der Waals surface area (Å²) >= 11 is 0. The Hall–Kier alpha value is -2.30. The largest absolute Gasteiger partial charge is 0.399 e. The zero-order chi connectivity index (χ0) is 12.3. The van der Waals surface area contributed by atoms with Gasteiger partial charge in [0.15, 0.2) is 5.82 Å². The van der Waals surface area contributed by atoms with E-state index in [1.807, 2.05) is 12.1 Å². The van der Waals surface area contributed by atoms with Crippen molar-refractivity contribution in [2.45, 2.75) is 13.3 Å². The van der Waals surface area contributed by atoms with Gasteiger partial charge >= 0.3 is 0 Å². The van der Waals surface area contributed by atoms with Gasteiger partial charge in [0.2, 0.25) is 5.91 Å². The van der Waals surface area contributed by atoms with Crippen molar-refractivity contribution in [2.24, 2.45) is 0 Å². The van der Waals surface area contributed by atoms with Crippen LogP contribution in [0, 0.1) is 6.92 Å². The zero-order valence-electron chi connectivity index (χ0n) is 9.43. The first-order valence-corrected chi connectivity index (χ1v) is 5.21. The molecule has 2 aromatic rings. The van der Waals surface area contributed by atoms with Gasteiger partial charge in [-0.25, -0.2) is 0 Å². The molecule has 0 spiro atoms. The van der Waals surface area contributed by atoms with Crippen molar-refractivity contribution in [3.8, 4) is 0 Å². The van der Waals surface area contributed by atoms with E-state index in [9.17, 15) is 4.79 Å². The molecule has 1 heterocycles. The molecule has 5 heteroatoms. The second-order valence-electron chi connectivity index (χ2n) is 3.79. The lowest BCUT2D eigenvalue weighted by Crippen LogP contribution is -2.14. The standard InChI is InChI=1S/C12H13N3O2/c1-8-5-11(15-17-8)14-12(16)7-9-3-2-4-10(13)6-9/h2-6H,7,13H2,1H3,(H,14,15,16).